The number of benzene rings is 3. The van der Waals surface area contributed by atoms with Gasteiger partial charge >= 0.3 is 0 Å². The molecule has 1 N–H and O–H groups in total. The van der Waals surface area contributed by atoms with E-state index in [0.717, 1.165) is 5.56 Å². The molecule has 0 spiro atoms. The largest absolute Gasteiger partial charge is 0.503 e. The number of hydrogen-bond acceptors (Lipinski definition) is 11. The van der Waals surface area contributed by atoms with Gasteiger partial charge in [0.2, 0.25) is 10.9 Å². The van der Waals surface area contributed by atoms with Gasteiger partial charge in [0.25, 0.3) is 5.91 Å². The Morgan fingerprint density at radius 3 is 2.52 bits per heavy atom. The molecule has 0 aliphatic carbocycles. The number of halogens is 1. The third-order valence-corrected chi connectivity index (χ3v) is 9.54. The number of hydrogen-bond donors (Lipinski definition) is 1. The quantitative estimate of drug-likeness (QED) is 0.0794. The van der Waals surface area contributed by atoms with E-state index in [1.165, 1.54) is 35.1 Å². The molecule has 1 aliphatic heterocycles. The number of Topliss-reactive ketones (excluding diaryl/α,β-unsaturated/α-hetero) is 1. The zero-order valence-corrected chi connectivity index (χ0v) is 27.4. The molecule has 2 aromatic heterocycles. The molecule has 3 aromatic carbocycles. The van der Waals surface area contributed by atoms with E-state index in [0.29, 0.717) is 62.1 Å². The lowest BCUT2D eigenvalue weighted by molar-refractivity contribution is -0.117. The van der Waals surface area contributed by atoms with Crippen molar-refractivity contribution in [3.8, 4) is 17.2 Å². The maximum atomic E-state index is 14.2. The van der Waals surface area contributed by atoms with E-state index in [9.17, 15) is 14.7 Å². The highest BCUT2D eigenvalue weighted by molar-refractivity contribution is 8.00. The van der Waals surface area contributed by atoms with Crippen LogP contribution in [0.1, 0.15) is 41.6 Å². The molecule has 46 heavy (non-hydrogen) atoms. The van der Waals surface area contributed by atoms with Crippen molar-refractivity contribution in [2.75, 3.05) is 25.2 Å². The summed E-state index contributed by atoms with van der Waals surface area (Å²) >= 11 is 8.63. The first-order valence-corrected chi connectivity index (χ1v) is 16.5. The molecule has 0 saturated carbocycles. The number of carbonyl (C=O) groups excluding carboxylic acids is 2. The van der Waals surface area contributed by atoms with Gasteiger partial charge in [-0.1, -0.05) is 65.0 Å². The van der Waals surface area contributed by atoms with Gasteiger partial charge in [-0.05, 0) is 61.4 Å². The number of ether oxygens (including phenoxy) is 3. The lowest BCUT2D eigenvalue weighted by atomic mass is 9.95. The number of anilines is 1. The number of thioether (sulfide) groups is 1. The van der Waals surface area contributed by atoms with Gasteiger partial charge in [-0.15, -0.1) is 10.2 Å². The fourth-order valence-electron chi connectivity index (χ4n) is 5.11. The second kappa shape index (κ2) is 13.5. The number of furan rings is 1. The normalized spacial score (nSPS) is 14.7. The lowest BCUT2D eigenvalue weighted by Gasteiger charge is -2.24. The zero-order chi connectivity index (χ0) is 32.4. The van der Waals surface area contributed by atoms with Crippen LogP contribution in [0.15, 0.2) is 86.8 Å². The standard InChI is InChI=1S/C33H28ClN3O7S2/c1-4-42-22-14-11-19(15-24(22)43-5-2)27-26(28(38)25-16-20-7-6-8-23(41-3)30(20)44-25)29(39)31(40)37(27)32-35-36-33(46-32)45-17-18-9-12-21(34)13-10-18/h6-16,27,39H,4-5,17H2,1-3H3. The summed E-state index contributed by atoms with van der Waals surface area (Å²) in [5.74, 6) is -0.246. The second-order valence-corrected chi connectivity index (χ2v) is 12.6. The molecule has 0 fully saturated rings. The van der Waals surface area contributed by atoms with Gasteiger partial charge in [0.05, 0.1) is 31.9 Å². The highest BCUT2D eigenvalue weighted by atomic mass is 35.5. The van der Waals surface area contributed by atoms with E-state index in [2.05, 4.69) is 10.2 Å². The molecule has 10 nitrogen and oxygen atoms in total. The Hall–Kier alpha value is -4.52. The minimum absolute atomic E-state index is 0.0619. The van der Waals surface area contributed by atoms with Crippen LogP contribution in [0.4, 0.5) is 5.13 Å². The molecule has 5 aromatic rings. The number of para-hydroxylation sites is 1. The molecule has 1 aliphatic rings. The Bertz CT molecular complexity index is 1950. The highest BCUT2D eigenvalue weighted by Crippen LogP contribution is 2.46. The van der Waals surface area contributed by atoms with Crippen LogP contribution in [0.5, 0.6) is 17.2 Å². The van der Waals surface area contributed by atoms with Crippen LogP contribution in [0.25, 0.3) is 11.0 Å². The van der Waals surface area contributed by atoms with Gasteiger partial charge in [-0.2, -0.15) is 0 Å². The van der Waals surface area contributed by atoms with Crippen molar-refractivity contribution in [1.29, 1.82) is 0 Å². The molecule has 3 heterocycles. The summed E-state index contributed by atoms with van der Waals surface area (Å²) in [5.41, 5.74) is 1.73. The maximum Gasteiger partial charge on any atom is 0.296 e. The first-order chi connectivity index (χ1) is 22.3. The van der Waals surface area contributed by atoms with Crippen LogP contribution in [0.3, 0.4) is 0 Å². The fraction of sp³-hybridized carbons (Fsp3) is 0.212. The topological polar surface area (TPSA) is 124 Å². The second-order valence-electron chi connectivity index (χ2n) is 10.00. The predicted molar refractivity (Wildman–Crippen MR) is 177 cm³/mol. The minimum Gasteiger partial charge on any atom is -0.503 e. The molecule has 0 bridgehead atoms. The number of aliphatic hydroxyl groups is 1. The van der Waals surface area contributed by atoms with E-state index < -0.39 is 23.5 Å². The Kier molecular flexibility index (Phi) is 9.20. The number of carbonyl (C=O) groups is 2. The first kappa shape index (κ1) is 31.5. The van der Waals surface area contributed by atoms with Gasteiger partial charge in [-0.25, -0.2) is 0 Å². The Morgan fingerprint density at radius 1 is 1.02 bits per heavy atom. The van der Waals surface area contributed by atoms with E-state index in [-0.39, 0.29) is 16.5 Å². The van der Waals surface area contributed by atoms with Gasteiger partial charge in [0, 0.05) is 16.2 Å². The number of aliphatic hydroxyl groups excluding tert-OH is 1. The van der Waals surface area contributed by atoms with Gasteiger partial charge in [-0.3, -0.25) is 14.5 Å². The lowest BCUT2D eigenvalue weighted by Crippen LogP contribution is -2.31. The molecule has 6 rings (SSSR count). The average Bonchev–Trinajstić information content (AvgIpc) is 3.78. The number of nitrogens with zero attached hydrogens (tertiary/aromatic N) is 3. The number of aromatic nitrogens is 2. The predicted octanol–water partition coefficient (Wildman–Crippen LogP) is 7.82. The SMILES string of the molecule is CCOc1ccc(C2C(C(=O)c3cc4cccc(OC)c4o3)=C(O)C(=O)N2c2nnc(SCc3ccc(Cl)cc3)s2)cc1OCC. The third-order valence-electron chi connectivity index (χ3n) is 7.17. The molecule has 0 radical (unpaired) electrons. The molecule has 0 saturated heterocycles. The minimum atomic E-state index is -1.08. The average molecular weight is 678 g/mol. The maximum absolute atomic E-state index is 14.2. The van der Waals surface area contributed by atoms with Crippen LogP contribution in [-0.4, -0.2) is 47.3 Å². The summed E-state index contributed by atoms with van der Waals surface area (Å²) in [4.78, 5) is 29.2. The van der Waals surface area contributed by atoms with Gasteiger partial charge < -0.3 is 23.7 Å². The first-order valence-electron chi connectivity index (χ1n) is 14.3. The monoisotopic (exact) mass is 677 g/mol. The van der Waals surface area contributed by atoms with Crippen molar-refractivity contribution in [2.24, 2.45) is 0 Å². The van der Waals surface area contributed by atoms with Crippen LogP contribution in [-0.2, 0) is 10.5 Å². The van der Waals surface area contributed by atoms with E-state index in [1.807, 2.05) is 38.1 Å². The van der Waals surface area contributed by atoms with Crippen molar-refractivity contribution in [3.05, 3.63) is 100.0 Å². The van der Waals surface area contributed by atoms with Crippen molar-refractivity contribution < 1.29 is 33.3 Å². The van der Waals surface area contributed by atoms with Gasteiger partial charge in [0.15, 0.2) is 38.7 Å². The fourth-order valence-corrected chi connectivity index (χ4v) is 7.06. The zero-order valence-electron chi connectivity index (χ0n) is 25.0. The van der Waals surface area contributed by atoms with Crippen molar-refractivity contribution in [2.45, 2.75) is 30.0 Å². The smallest absolute Gasteiger partial charge is 0.296 e. The number of amides is 1. The summed E-state index contributed by atoms with van der Waals surface area (Å²) < 4.78 is 23.5. The van der Waals surface area contributed by atoms with E-state index in [1.54, 1.807) is 42.5 Å². The summed E-state index contributed by atoms with van der Waals surface area (Å²) in [6.45, 7) is 4.47. The Morgan fingerprint density at radius 2 is 1.78 bits per heavy atom. The van der Waals surface area contributed by atoms with Crippen molar-refractivity contribution in [1.82, 2.24) is 10.2 Å². The Balaban J connectivity index is 1.41. The molecule has 236 valence electrons. The summed E-state index contributed by atoms with van der Waals surface area (Å²) in [7, 11) is 1.50. The van der Waals surface area contributed by atoms with Crippen LogP contribution in [0, 0.1) is 0 Å². The molecule has 13 heteroatoms. The number of fused-ring (bicyclic) bond motifs is 1. The summed E-state index contributed by atoms with van der Waals surface area (Å²) in [6.07, 6.45) is 0. The Labute approximate surface area is 277 Å². The highest BCUT2D eigenvalue weighted by Gasteiger charge is 2.47. The van der Waals surface area contributed by atoms with Crippen LogP contribution < -0.4 is 19.1 Å². The van der Waals surface area contributed by atoms with E-state index >= 15 is 0 Å². The summed E-state index contributed by atoms with van der Waals surface area (Å²) in [5, 5.41) is 21.4. The van der Waals surface area contributed by atoms with Crippen molar-refractivity contribution in [3.63, 3.8) is 0 Å². The number of rotatable bonds is 12. The molecular formula is C33H28ClN3O7S2. The molecule has 1 unspecified atom stereocenters. The van der Waals surface area contributed by atoms with Crippen LogP contribution >= 0.6 is 34.7 Å². The number of ketones is 1. The molecule has 1 atom stereocenters. The van der Waals surface area contributed by atoms with Gasteiger partial charge in [0.1, 0.15) is 0 Å². The molecule has 1 amide bonds. The van der Waals surface area contributed by atoms with E-state index in [4.69, 9.17) is 30.2 Å². The van der Waals surface area contributed by atoms with Crippen molar-refractivity contribution >= 4 is 62.5 Å². The molecular weight excluding hydrogens is 650 g/mol. The summed E-state index contributed by atoms with van der Waals surface area (Å²) in [6, 6.07) is 18.4. The van der Waals surface area contributed by atoms with Crippen LogP contribution in [0.2, 0.25) is 5.02 Å². The third kappa shape index (κ3) is 6.03. The number of methoxy groups -OCH3 is 1.